The minimum atomic E-state index is 0.0400. The minimum absolute atomic E-state index is 0.0400. The van der Waals surface area contributed by atoms with Crippen LogP contribution in [0.1, 0.15) is 16.7 Å². The lowest BCUT2D eigenvalue weighted by molar-refractivity contribution is 1.18. The van der Waals surface area contributed by atoms with Crippen LogP contribution in [0.5, 0.6) is 0 Å². The van der Waals surface area contributed by atoms with Crippen molar-refractivity contribution in [3.05, 3.63) is 217 Å². The molecule has 0 fully saturated rings. The summed E-state index contributed by atoms with van der Waals surface area (Å²) in [4.78, 5) is 4.90. The van der Waals surface area contributed by atoms with Crippen LogP contribution in [0, 0.1) is 29.6 Å². The van der Waals surface area contributed by atoms with Crippen molar-refractivity contribution in [2.45, 2.75) is 6.92 Å². The Hall–Kier alpha value is -8.58. The summed E-state index contributed by atoms with van der Waals surface area (Å²) in [5, 5.41) is 22.0. The Morgan fingerprint density at radius 2 is 0.968 bits per heavy atom. The molecule has 10 aromatic rings. The van der Waals surface area contributed by atoms with Crippen LogP contribution in [-0.2, 0) is 0 Å². The molecule has 1 aromatic heterocycles. The van der Waals surface area contributed by atoms with Crippen molar-refractivity contribution >= 4 is 79.0 Å². The largest absolute Gasteiger partial charge is 0.311 e. The average Bonchev–Trinajstić information content (AvgIpc) is 3.67. The van der Waals surface area contributed by atoms with Gasteiger partial charge in [0.05, 0.1) is 40.0 Å². The molecule has 0 saturated heterocycles. The molecule has 0 unspecified atom stereocenters. The second kappa shape index (κ2) is 14.3. The molecule has 3 heterocycles. The fourth-order valence-electron chi connectivity index (χ4n) is 10.2. The molecule has 0 amide bonds. The van der Waals surface area contributed by atoms with E-state index in [1.807, 2.05) is 37.3 Å². The first-order valence-corrected chi connectivity index (χ1v) is 21.2. The van der Waals surface area contributed by atoms with Crippen molar-refractivity contribution < 1.29 is 0 Å². The number of rotatable bonds is 5. The van der Waals surface area contributed by atoms with Crippen LogP contribution >= 0.6 is 0 Å². The maximum Gasteiger partial charge on any atom is 0.252 e. The second-order valence-corrected chi connectivity index (χ2v) is 16.4. The summed E-state index contributed by atoms with van der Waals surface area (Å²) in [6.07, 6.45) is 0. The van der Waals surface area contributed by atoms with E-state index >= 15 is 0 Å². The van der Waals surface area contributed by atoms with Crippen molar-refractivity contribution in [2.75, 3.05) is 9.80 Å². The Labute approximate surface area is 366 Å². The number of aromatic nitrogens is 1. The van der Waals surface area contributed by atoms with Crippen LogP contribution in [0.2, 0.25) is 0 Å². The summed E-state index contributed by atoms with van der Waals surface area (Å²) >= 11 is 0. The highest BCUT2D eigenvalue weighted by molar-refractivity contribution is 7.00. The van der Waals surface area contributed by atoms with Gasteiger partial charge in [-0.25, -0.2) is 0 Å². The predicted octanol–water partition coefficient (Wildman–Crippen LogP) is 12.3. The first-order valence-electron chi connectivity index (χ1n) is 21.2. The standard InChI is InChI=1S/C57H36BN5/c1-37-30-38(35-59)24-27-44(37)46-31-39(36-60)25-28-51(46)63-50-21-11-8-18-45(50)47-32-40(26-29-52(47)63)41-33-55-57-56(34-41)62(43-16-6-3-7-17-43)54-23-13-10-20-49(54)58(57)48-19-9-12-22-53(48)61(55)42-14-4-2-5-15-42/h2-34H,1H3. The van der Waals surface area contributed by atoms with Crippen LogP contribution in [-0.4, -0.2) is 11.3 Å². The molecule has 12 rings (SSSR count). The molecular formula is C57H36BN5. The number of aryl methyl sites for hydroxylation is 1. The number of fused-ring (bicyclic) bond motifs is 7. The lowest BCUT2D eigenvalue weighted by atomic mass is 9.33. The Bertz CT molecular complexity index is 3470. The maximum absolute atomic E-state index is 10.0. The highest BCUT2D eigenvalue weighted by Gasteiger charge is 2.43. The Morgan fingerprint density at radius 1 is 0.413 bits per heavy atom. The first-order chi connectivity index (χ1) is 31.1. The normalized spacial score (nSPS) is 12.4. The third-order valence-corrected chi connectivity index (χ3v) is 12.9. The van der Waals surface area contributed by atoms with E-state index in [0.717, 1.165) is 78.1 Å². The smallest absolute Gasteiger partial charge is 0.252 e. The first kappa shape index (κ1) is 36.3. The number of nitriles is 2. The lowest BCUT2D eigenvalue weighted by Gasteiger charge is -2.44. The molecule has 0 N–H and O–H groups in total. The van der Waals surface area contributed by atoms with Gasteiger partial charge in [0.1, 0.15) is 0 Å². The van der Waals surface area contributed by atoms with Gasteiger partial charge in [-0.05, 0) is 143 Å². The Balaban J connectivity index is 1.12. The van der Waals surface area contributed by atoms with E-state index in [1.165, 1.54) is 27.8 Å². The minimum Gasteiger partial charge on any atom is -0.311 e. The number of hydrogen-bond donors (Lipinski definition) is 0. The van der Waals surface area contributed by atoms with Crippen molar-refractivity contribution in [3.8, 4) is 40.1 Å². The highest BCUT2D eigenvalue weighted by Crippen LogP contribution is 2.47. The van der Waals surface area contributed by atoms with Crippen molar-refractivity contribution in [2.24, 2.45) is 0 Å². The predicted molar refractivity (Wildman–Crippen MR) is 260 cm³/mol. The lowest BCUT2D eigenvalue weighted by Crippen LogP contribution is -2.61. The number of para-hydroxylation sites is 5. The Kier molecular flexibility index (Phi) is 8.22. The van der Waals surface area contributed by atoms with E-state index in [9.17, 15) is 10.5 Å². The van der Waals surface area contributed by atoms with Crippen LogP contribution in [0.15, 0.2) is 200 Å². The van der Waals surface area contributed by atoms with Gasteiger partial charge in [0, 0.05) is 50.5 Å². The van der Waals surface area contributed by atoms with Crippen molar-refractivity contribution in [1.29, 1.82) is 10.5 Å². The zero-order valence-corrected chi connectivity index (χ0v) is 34.4. The maximum atomic E-state index is 10.0. The third kappa shape index (κ3) is 5.56. The molecule has 292 valence electrons. The molecule has 0 saturated carbocycles. The van der Waals surface area contributed by atoms with Crippen molar-refractivity contribution in [3.63, 3.8) is 0 Å². The Morgan fingerprint density at radius 3 is 1.60 bits per heavy atom. The van der Waals surface area contributed by atoms with Gasteiger partial charge < -0.3 is 14.4 Å². The van der Waals surface area contributed by atoms with Gasteiger partial charge in [-0.1, -0.05) is 103 Å². The zero-order valence-electron chi connectivity index (χ0n) is 34.4. The number of anilines is 6. The summed E-state index contributed by atoms with van der Waals surface area (Å²) in [7, 11) is 0. The molecule has 0 atom stereocenters. The van der Waals surface area contributed by atoms with Gasteiger partial charge in [0.2, 0.25) is 0 Å². The molecule has 0 bridgehead atoms. The molecule has 5 nitrogen and oxygen atoms in total. The molecule has 0 spiro atoms. The molecule has 9 aromatic carbocycles. The van der Waals surface area contributed by atoms with Crippen LogP contribution in [0.4, 0.5) is 34.1 Å². The van der Waals surface area contributed by atoms with E-state index in [4.69, 9.17) is 0 Å². The molecule has 0 aliphatic carbocycles. The van der Waals surface area contributed by atoms with Crippen LogP contribution in [0.25, 0.3) is 49.7 Å². The number of benzene rings is 9. The summed E-state index contributed by atoms with van der Waals surface area (Å²) in [6.45, 7) is 2.07. The fraction of sp³-hybridized carbons (Fsp3) is 0.0175. The number of hydrogen-bond acceptors (Lipinski definition) is 4. The van der Waals surface area contributed by atoms with Crippen molar-refractivity contribution in [1.82, 2.24) is 4.57 Å². The van der Waals surface area contributed by atoms with Crippen LogP contribution < -0.4 is 26.2 Å². The van der Waals surface area contributed by atoms with E-state index in [2.05, 4.69) is 196 Å². The quantitative estimate of drug-likeness (QED) is 0.163. The van der Waals surface area contributed by atoms with Gasteiger partial charge in [-0.3, -0.25) is 0 Å². The van der Waals surface area contributed by atoms with E-state index in [0.29, 0.717) is 11.1 Å². The summed E-state index contributed by atoms with van der Waals surface area (Å²) < 4.78 is 2.33. The topological polar surface area (TPSA) is 59.0 Å². The summed E-state index contributed by atoms with van der Waals surface area (Å²) in [5.74, 6) is 0. The molecule has 0 radical (unpaired) electrons. The molecular weight excluding hydrogens is 765 g/mol. The van der Waals surface area contributed by atoms with E-state index in [-0.39, 0.29) is 6.71 Å². The third-order valence-electron chi connectivity index (χ3n) is 12.9. The molecule has 63 heavy (non-hydrogen) atoms. The molecule has 2 aliphatic heterocycles. The number of nitrogens with zero attached hydrogens (tertiary/aromatic N) is 5. The summed E-state index contributed by atoms with van der Waals surface area (Å²) in [6, 6.07) is 75.8. The summed E-state index contributed by atoms with van der Waals surface area (Å²) in [5.41, 5.74) is 20.2. The zero-order chi connectivity index (χ0) is 42.2. The van der Waals surface area contributed by atoms with Gasteiger partial charge in [-0.2, -0.15) is 10.5 Å². The van der Waals surface area contributed by atoms with Gasteiger partial charge >= 0.3 is 0 Å². The fourth-order valence-corrected chi connectivity index (χ4v) is 10.2. The molecule has 6 heteroatoms. The average molecular weight is 802 g/mol. The SMILES string of the molecule is Cc1cc(C#N)ccc1-c1cc(C#N)ccc1-n1c2ccccc2c2cc(-c3cc4c5c(c3)N(c3ccccc3)c3ccccc3B5c3ccccc3N4c3ccccc3)ccc21. The van der Waals surface area contributed by atoms with E-state index < -0.39 is 0 Å². The van der Waals surface area contributed by atoms with Gasteiger partial charge in [-0.15, -0.1) is 0 Å². The monoisotopic (exact) mass is 801 g/mol. The molecule has 2 aliphatic rings. The van der Waals surface area contributed by atoms with Gasteiger partial charge in [0.15, 0.2) is 0 Å². The van der Waals surface area contributed by atoms with Crippen LogP contribution in [0.3, 0.4) is 0 Å². The second-order valence-electron chi connectivity index (χ2n) is 16.4. The van der Waals surface area contributed by atoms with E-state index in [1.54, 1.807) is 0 Å². The highest BCUT2D eigenvalue weighted by atomic mass is 15.2. The van der Waals surface area contributed by atoms with Gasteiger partial charge in [0.25, 0.3) is 6.71 Å².